The van der Waals surface area contributed by atoms with Gasteiger partial charge in [-0.25, -0.2) is 9.78 Å². The maximum absolute atomic E-state index is 11.6. The molecule has 0 aliphatic rings. The summed E-state index contributed by atoms with van der Waals surface area (Å²) in [5, 5.41) is 10.6. The minimum atomic E-state index is -0.558. The van der Waals surface area contributed by atoms with Crippen molar-refractivity contribution in [2.24, 2.45) is 0 Å². The Morgan fingerprint density at radius 2 is 2.10 bits per heavy atom. The first-order chi connectivity index (χ1) is 10.0. The Morgan fingerprint density at radius 1 is 1.43 bits per heavy atom. The average molecular weight is 290 g/mol. The van der Waals surface area contributed by atoms with Gasteiger partial charge in [-0.1, -0.05) is 12.1 Å². The first kappa shape index (κ1) is 14.5. The molecule has 0 bridgehead atoms. The zero-order valence-corrected chi connectivity index (χ0v) is 11.3. The summed E-state index contributed by atoms with van der Waals surface area (Å²) < 4.78 is 4.85. The SMILES string of the molecule is CCOC(=O)c1[nH]c(Cc2ccc([N+](=O)[O-])cc2)nc1N. The van der Waals surface area contributed by atoms with E-state index in [0.29, 0.717) is 12.2 Å². The summed E-state index contributed by atoms with van der Waals surface area (Å²) in [7, 11) is 0. The molecule has 0 unspecified atom stereocenters. The number of carbonyl (C=O) groups is 1. The molecule has 1 aromatic heterocycles. The summed E-state index contributed by atoms with van der Waals surface area (Å²) in [6, 6.07) is 6.07. The van der Waals surface area contributed by atoms with Gasteiger partial charge in [0.1, 0.15) is 5.82 Å². The van der Waals surface area contributed by atoms with Crippen LogP contribution in [-0.4, -0.2) is 27.5 Å². The Hall–Kier alpha value is -2.90. The normalized spacial score (nSPS) is 10.3. The Kier molecular flexibility index (Phi) is 4.17. The van der Waals surface area contributed by atoms with Crippen LogP contribution in [0.1, 0.15) is 28.8 Å². The predicted molar refractivity (Wildman–Crippen MR) is 74.9 cm³/mol. The van der Waals surface area contributed by atoms with Gasteiger partial charge in [0.2, 0.25) is 0 Å². The van der Waals surface area contributed by atoms with Crippen molar-refractivity contribution in [3.63, 3.8) is 0 Å². The third-order valence-corrected chi connectivity index (χ3v) is 2.78. The third kappa shape index (κ3) is 3.35. The maximum Gasteiger partial charge on any atom is 0.358 e. The van der Waals surface area contributed by atoms with Gasteiger partial charge in [-0.05, 0) is 12.5 Å². The summed E-state index contributed by atoms with van der Waals surface area (Å²) >= 11 is 0. The standard InChI is InChI=1S/C13H14N4O4/c1-2-21-13(18)11-12(14)16-10(15-11)7-8-3-5-9(6-4-8)17(19)20/h3-6H,2,7,14H2,1H3,(H,15,16). The molecule has 21 heavy (non-hydrogen) atoms. The number of nitro groups is 1. The van der Waals surface area contributed by atoms with E-state index in [4.69, 9.17) is 10.5 Å². The number of hydrogen-bond acceptors (Lipinski definition) is 6. The number of anilines is 1. The predicted octanol–water partition coefficient (Wildman–Crippen LogP) is 1.67. The summed E-state index contributed by atoms with van der Waals surface area (Å²) in [4.78, 5) is 28.6. The number of imidazole rings is 1. The molecule has 0 spiro atoms. The number of rotatable bonds is 5. The largest absolute Gasteiger partial charge is 0.461 e. The number of esters is 1. The number of nitrogen functional groups attached to an aromatic ring is 1. The van der Waals surface area contributed by atoms with E-state index in [-0.39, 0.29) is 23.8 Å². The number of benzene rings is 1. The highest BCUT2D eigenvalue weighted by Crippen LogP contribution is 2.16. The minimum absolute atomic E-state index is 0.0184. The van der Waals surface area contributed by atoms with E-state index in [9.17, 15) is 14.9 Å². The van der Waals surface area contributed by atoms with Crippen LogP contribution >= 0.6 is 0 Å². The van der Waals surface area contributed by atoms with Crippen molar-refractivity contribution >= 4 is 17.5 Å². The second-order valence-corrected chi connectivity index (χ2v) is 4.26. The van der Waals surface area contributed by atoms with E-state index >= 15 is 0 Å². The fourth-order valence-corrected chi connectivity index (χ4v) is 1.81. The lowest BCUT2D eigenvalue weighted by molar-refractivity contribution is -0.384. The number of nitrogens with zero attached hydrogens (tertiary/aromatic N) is 2. The van der Waals surface area contributed by atoms with E-state index in [1.54, 1.807) is 19.1 Å². The van der Waals surface area contributed by atoms with E-state index in [2.05, 4.69) is 9.97 Å². The molecule has 0 fully saturated rings. The molecular formula is C13H14N4O4. The molecule has 0 amide bonds. The number of nitrogens with two attached hydrogens (primary N) is 1. The number of ether oxygens (including phenoxy) is 1. The van der Waals surface area contributed by atoms with Crippen molar-refractivity contribution < 1.29 is 14.5 Å². The van der Waals surface area contributed by atoms with E-state index < -0.39 is 10.9 Å². The van der Waals surface area contributed by atoms with Crippen LogP contribution in [0.5, 0.6) is 0 Å². The van der Waals surface area contributed by atoms with Gasteiger partial charge < -0.3 is 15.5 Å². The van der Waals surface area contributed by atoms with Gasteiger partial charge in [0.15, 0.2) is 11.5 Å². The van der Waals surface area contributed by atoms with E-state index in [1.807, 2.05) is 0 Å². The Morgan fingerprint density at radius 3 is 2.67 bits per heavy atom. The number of hydrogen-bond donors (Lipinski definition) is 2. The number of nitro benzene ring substituents is 1. The van der Waals surface area contributed by atoms with Crippen LogP contribution in [-0.2, 0) is 11.2 Å². The fourth-order valence-electron chi connectivity index (χ4n) is 1.81. The fraction of sp³-hybridized carbons (Fsp3) is 0.231. The van der Waals surface area contributed by atoms with Crippen molar-refractivity contribution in [1.29, 1.82) is 0 Å². The topological polar surface area (TPSA) is 124 Å². The van der Waals surface area contributed by atoms with Crippen LogP contribution in [0.25, 0.3) is 0 Å². The zero-order valence-electron chi connectivity index (χ0n) is 11.3. The van der Waals surface area contributed by atoms with Crippen LogP contribution in [0.15, 0.2) is 24.3 Å². The van der Waals surface area contributed by atoms with Gasteiger partial charge in [0.05, 0.1) is 11.5 Å². The molecule has 8 nitrogen and oxygen atoms in total. The minimum Gasteiger partial charge on any atom is -0.461 e. The van der Waals surface area contributed by atoms with Crippen molar-refractivity contribution in [1.82, 2.24) is 9.97 Å². The molecule has 2 aromatic rings. The van der Waals surface area contributed by atoms with Crippen LogP contribution in [0, 0.1) is 10.1 Å². The molecule has 0 radical (unpaired) electrons. The number of H-pyrrole nitrogens is 1. The number of aromatic amines is 1. The molecular weight excluding hydrogens is 276 g/mol. The van der Waals surface area contributed by atoms with Crippen molar-refractivity contribution in [2.75, 3.05) is 12.3 Å². The molecule has 110 valence electrons. The van der Waals surface area contributed by atoms with Gasteiger partial charge in [0.25, 0.3) is 5.69 Å². The number of aromatic nitrogens is 2. The smallest absolute Gasteiger partial charge is 0.358 e. The molecule has 1 aromatic carbocycles. The summed E-state index contributed by atoms with van der Waals surface area (Å²) in [6.45, 7) is 1.94. The van der Waals surface area contributed by atoms with Crippen LogP contribution in [0.4, 0.5) is 11.5 Å². The molecule has 0 aliphatic carbocycles. The van der Waals surface area contributed by atoms with E-state index in [1.165, 1.54) is 12.1 Å². The summed E-state index contributed by atoms with van der Waals surface area (Å²) in [6.07, 6.45) is 0.377. The monoisotopic (exact) mass is 290 g/mol. The highest BCUT2D eigenvalue weighted by atomic mass is 16.6. The lowest BCUT2D eigenvalue weighted by Crippen LogP contribution is -2.07. The quantitative estimate of drug-likeness (QED) is 0.490. The van der Waals surface area contributed by atoms with Crippen molar-refractivity contribution in [3.8, 4) is 0 Å². The van der Waals surface area contributed by atoms with Crippen LogP contribution in [0.3, 0.4) is 0 Å². The molecule has 0 aliphatic heterocycles. The molecule has 1 heterocycles. The number of non-ortho nitro benzene ring substituents is 1. The molecule has 0 atom stereocenters. The first-order valence-corrected chi connectivity index (χ1v) is 6.26. The Bertz CT molecular complexity index is 663. The van der Waals surface area contributed by atoms with Crippen LogP contribution < -0.4 is 5.73 Å². The molecule has 0 saturated heterocycles. The van der Waals surface area contributed by atoms with Crippen molar-refractivity contribution in [3.05, 3.63) is 51.5 Å². The number of carbonyl (C=O) groups excluding carboxylic acids is 1. The molecule has 8 heteroatoms. The lowest BCUT2D eigenvalue weighted by atomic mass is 10.1. The summed E-state index contributed by atoms with van der Waals surface area (Å²) in [5.74, 6) is 0.00668. The van der Waals surface area contributed by atoms with Gasteiger partial charge in [0, 0.05) is 18.6 Å². The second kappa shape index (κ2) is 6.04. The summed E-state index contributed by atoms with van der Waals surface area (Å²) in [5.41, 5.74) is 6.61. The zero-order chi connectivity index (χ0) is 15.4. The lowest BCUT2D eigenvalue weighted by Gasteiger charge is -1.99. The first-order valence-electron chi connectivity index (χ1n) is 6.26. The second-order valence-electron chi connectivity index (χ2n) is 4.26. The van der Waals surface area contributed by atoms with Gasteiger partial charge in [-0.2, -0.15) is 0 Å². The highest BCUT2D eigenvalue weighted by Gasteiger charge is 2.16. The van der Waals surface area contributed by atoms with Gasteiger partial charge >= 0.3 is 5.97 Å². The Labute approximate surface area is 120 Å². The van der Waals surface area contributed by atoms with Gasteiger partial charge in [-0.3, -0.25) is 10.1 Å². The maximum atomic E-state index is 11.6. The molecule has 2 rings (SSSR count). The van der Waals surface area contributed by atoms with E-state index in [0.717, 1.165) is 5.56 Å². The van der Waals surface area contributed by atoms with Crippen molar-refractivity contribution in [2.45, 2.75) is 13.3 Å². The highest BCUT2D eigenvalue weighted by molar-refractivity contribution is 5.92. The molecule has 0 saturated carbocycles. The number of nitrogens with one attached hydrogen (secondary N) is 1. The van der Waals surface area contributed by atoms with Crippen LogP contribution in [0.2, 0.25) is 0 Å². The Balaban J connectivity index is 2.14. The molecule has 3 N–H and O–H groups in total. The average Bonchev–Trinajstić information content (AvgIpc) is 2.80. The van der Waals surface area contributed by atoms with Gasteiger partial charge in [-0.15, -0.1) is 0 Å². The third-order valence-electron chi connectivity index (χ3n) is 2.78.